The van der Waals surface area contributed by atoms with E-state index in [0.717, 1.165) is 12.8 Å². The Bertz CT molecular complexity index is 182. The van der Waals surface area contributed by atoms with Gasteiger partial charge in [-0.1, -0.05) is 32.8 Å². The van der Waals surface area contributed by atoms with Gasteiger partial charge in [0, 0.05) is 0 Å². The molecule has 0 radical (unpaired) electrons. The average Bonchev–Trinajstić information content (AvgIpc) is 2.00. The number of aliphatic hydroxyl groups is 1. The van der Waals surface area contributed by atoms with E-state index in [1.165, 1.54) is 37.7 Å². The predicted octanol–water partition coefficient (Wildman–Crippen LogP) is 3.67. The lowest BCUT2D eigenvalue weighted by molar-refractivity contribution is 0.177. The topological polar surface area (TPSA) is 20.2 Å². The molecule has 0 saturated heterocycles. The SMILES string of the molecule is CC(C)CC(O)C1=CCCCCCC1. The fourth-order valence-electron chi connectivity index (χ4n) is 2.12. The minimum absolute atomic E-state index is 0.173. The minimum Gasteiger partial charge on any atom is -0.389 e. The summed E-state index contributed by atoms with van der Waals surface area (Å²) < 4.78 is 0. The molecule has 1 rings (SSSR count). The number of hydrogen-bond donors (Lipinski definition) is 1. The van der Waals surface area contributed by atoms with Crippen LogP contribution >= 0.6 is 0 Å². The highest BCUT2D eigenvalue weighted by Crippen LogP contribution is 2.22. The molecule has 0 fully saturated rings. The number of aliphatic hydroxyl groups excluding tert-OH is 1. The lowest BCUT2D eigenvalue weighted by atomic mass is 9.92. The van der Waals surface area contributed by atoms with Gasteiger partial charge < -0.3 is 5.11 Å². The summed E-state index contributed by atoms with van der Waals surface area (Å²) in [5, 5.41) is 9.99. The Hall–Kier alpha value is -0.300. The highest BCUT2D eigenvalue weighted by atomic mass is 16.3. The summed E-state index contributed by atoms with van der Waals surface area (Å²) in [5.41, 5.74) is 1.30. The Labute approximate surface area is 88.2 Å². The van der Waals surface area contributed by atoms with Gasteiger partial charge in [0.05, 0.1) is 6.10 Å². The van der Waals surface area contributed by atoms with E-state index in [9.17, 15) is 5.11 Å². The Morgan fingerprint density at radius 2 is 1.93 bits per heavy atom. The fourth-order valence-corrected chi connectivity index (χ4v) is 2.12. The van der Waals surface area contributed by atoms with Gasteiger partial charge in [-0.3, -0.25) is 0 Å². The van der Waals surface area contributed by atoms with Gasteiger partial charge in [-0.25, -0.2) is 0 Å². The van der Waals surface area contributed by atoms with Gasteiger partial charge in [0.15, 0.2) is 0 Å². The minimum atomic E-state index is -0.173. The van der Waals surface area contributed by atoms with Crippen LogP contribution in [0, 0.1) is 5.92 Å². The van der Waals surface area contributed by atoms with Gasteiger partial charge in [-0.2, -0.15) is 0 Å². The highest BCUT2D eigenvalue weighted by molar-refractivity contribution is 5.08. The molecule has 0 heterocycles. The average molecular weight is 196 g/mol. The van der Waals surface area contributed by atoms with Crippen LogP contribution in [0.2, 0.25) is 0 Å². The molecule has 0 aromatic carbocycles. The summed E-state index contributed by atoms with van der Waals surface area (Å²) >= 11 is 0. The van der Waals surface area contributed by atoms with E-state index in [1.54, 1.807) is 0 Å². The first-order valence-corrected chi connectivity index (χ1v) is 6.07. The van der Waals surface area contributed by atoms with Crippen LogP contribution in [-0.4, -0.2) is 11.2 Å². The van der Waals surface area contributed by atoms with Crippen molar-refractivity contribution in [1.82, 2.24) is 0 Å². The second kappa shape index (κ2) is 6.23. The Kier molecular flexibility index (Phi) is 5.24. The molecule has 1 atom stereocenters. The fraction of sp³-hybridized carbons (Fsp3) is 0.846. The zero-order valence-corrected chi connectivity index (χ0v) is 9.63. The maximum absolute atomic E-state index is 9.99. The molecular formula is C13H24O. The zero-order chi connectivity index (χ0) is 10.4. The first kappa shape index (κ1) is 11.8. The normalized spacial score (nSPS) is 21.3. The number of allylic oxidation sites excluding steroid dienone is 1. The quantitative estimate of drug-likeness (QED) is 0.683. The smallest absolute Gasteiger partial charge is 0.0752 e. The molecular weight excluding hydrogens is 172 g/mol. The third kappa shape index (κ3) is 4.28. The Balaban J connectivity index is 2.45. The van der Waals surface area contributed by atoms with Crippen LogP contribution in [0.3, 0.4) is 0 Å². The van der Waals surface area contributed by atoms with Crippen molar-refractivity contribution in [2.75, 3.05) is 0 Å². The maximum Gasteiger partial charge on any atom is 0.0752 e. The van der Waals surface area contributed by atoms with Crippen LogP contribution in [-0.2, 0) is 0 Å². The second-order valence-electron chi connectivity index (χ2n) is 4.88. The summed E-state index contributed by atoms with van der Waals surface area (Å²) in [6.45, 7) is 4.35. The largest absolute Gasteiger partial charge is 0.389 e. The van der Waals surface area contributed by atoms with Crippen molar-refractivity contribution in [3.63, 3.8) is 0 Å². The molecule has 0 bridgehead atoms. The molecule has 0 aliphatic heterocycles. The van der Waals surface area contributed by atoms with Crippen LogP contribution in [0.15, 0.2) is 11.6 Å². The molecule has 0 saturated carbocycles. The summed E-state index contributed by atoms with van der Waals surface area (Å²) in [5.74, 6) is 0.594. The van der Waals surface area contributed by atoms with Gasteiger partial charge >= 0.3 is 0 Å². The van der Waals surface area contributed by atoms with E-state index in [1.807, 2.05) is 0 Å². The van der Waals surface area contributed by atoms with Gasteiger partial charge in [0.25, 0.3) is 0 Å². The molecule has 14 heavy (non-hydrogen) atoms. The lowest BCUT2D eigenvalue weighted by Crippen LogP contribution is -2.14. The molecule has 1 heteroatoms. The molecule has 1 aliphatic rings. The summed E-state index contributed by atoms with van der Waals surface area (Å²) in [4.78, 5) is 0. The first-order chi connectivity index (χ1) is 6.70. The van der Waals surface area contributed by atoms with Gasteiger partial charge in [0.1, 0.15) is 0 Å². The molecule has 1 N–H and O–H groups in total. The van der Waals surface area contributed by atoms with Crippen molar-refractivity contribution in [3.8, 4) is 0 Å². The van der Waals surface area contributed by atoms with Crippen LogP contribution in [0.25, 0.3) is 0 Å². The molecule has 0 spiro atoms. The molecule has 1 nitrogen and oxygen atoms in total. The van der Waals surface area contributed by atoms with Gasteiger partial charge in [-0.15, -0.1) is 0 Å². The standard InChI is InChI=1S/C13H24O/c1-11(2)10-13(14)12-8-6-4-3-5-7-9-12/h8,11,13-14H,3-7,9-10H2,1-2H3. The lowest BCUT2D eigenvalue weighted by Gasteiger charge is -2.18. The van der Waals surface area contributed by atoms with Crippen LogP contribution in [0.4, 0.5) is 0 Å². The van der Waals surface area contributed by atoms with Crippen molar-refractivity contribution in [2.24, 2.45) is 5.92 Å². The van der Waals surface area contributed by atoms with Crippen LogP contribution < -0.4 is 0 Å². The summed E-state index contributed by atoms with van der Waals surface area (Å²) in [6.07, 6.45) is 10.6. The van der Waals surface area contributed by atoms with Crippen molar-refractivity contribution in [3.05, 3.63) is 11.6 Å². The number of rotatable bonds is 3. The van der Waals surface area contributed by atoms with Crippen LogP contribution in [0.1, 0.15) is 58.8 Å². The monoisotopic (exact) mass is 196 g/mol. The zero-order valence-electron chi connectivity index (χ0n) is 9.63. The highest BCUT2D eigenvalue weighted by Gasteiger charge is 2.13. The Morgan fingerprint density at radius 3 is 2.64 bits per heavy atom. The van der Waals surface area contributed by atoms with E-state index in [-0.39, 0.29) is 6.10 Å². The predicted molar refractivity (Wildman–Crippen MR) is 61.2 cm³/mol. The van der Waals surface area contributed by atoms with Crippen LogP contribution in [0.5, 0.6) is 0 Å². The third-order valence-corrected chi connectivity index (χ3v) is 2.95. The molecule has 0 aromatic heterocycles. The third-order valence-electron chi connectivity index (χ3n) is 2.95. The molecule has 0 aromatic rings. The molecule has 82 valence electrons. The molecule has 1 unspecified atom stereocenters. The van der Waals surface area contributed by atoms with E-state index in [4.69, 9.17) is 0 Å². The van der Waals surface area contributed by atoms with Gasteiger partial charge in [-0.05, 0) is 43.6 Å². The molecule has 1 aliphatic carbocycles. The van der Waals surface area contributed by atoms with E-state index < -0.39 is 0 Å². The summed E-state index contributed by atoms with van der Waals surface area (Å²) in [6, 6.07) is 0. The van der Waals surface area contributed by atoms with Crippen molar-refractivity contribution in [2.45, 2.75) is 64.9 Å². The van der Waals surface area contributed by atoms with E-state index in [0.29, 0.717) is 5.92 Å². The van der Waals surface area contributed by atoms with Crippen molar-refractivity contribution >= 4 is 0 Å². The van der Waals surface area contributed by atoms with E-state index >= 15 is 0 Å². The second-order valence-corrected chi connectivity index (χ2v) is 4.88. The Morgan fingerprint density at radius 1 is 1.21 bits per heavy atom. The van der Waals surface area contributed by atoms with Crippen molar-refractivity contribution in [1.29, 1.82) is 0 Å². The van der Waals surface area contributed by atoms with Gasteiger partial charge in [0.2, 0.25) is 0 Å². The maximum atomic E-state index is 9.99. The van der Waals surface area contributed by atoms with Crippen molar-refractivity contribution < 1.29 is 5.11 Å². The van der Waals surface area contributed by atoms with E-state index in [2.05, 4.69) is 19.9 Å². The number of hydrogen-bond acceptors (Lipinski definition) is 1. The first-order valence-electron chi connectivity index (χ1n) is 6.07. The molecule has 0 amide bonds. The summed E-state index contributed by atoms with van der Waals surface area (Å²) in [7, 11) is 0.